The second-order valence-electron chi connectivity index (χ2n) is 4.72. The van der Waals surface area contributed by atoms with E-state index in [1.165, 1.54) is 5.56 Å². The van der Waals surface area contributed by atoms with E-state index < -0.39 is 0 Å². The number of allylic oxidation sites excluding steroid dienone is 1. The molecule has 0 bridgehead atoms. The molecule has 1 fully saturated rings. The Bertz CT molecular complexity index is 420. The lowest BCUT2D eigenvalue weighted by molar-refractivity contribution is 0.145. The molecule has 2 rings (SSSR count). The van der Waals surface area contributed by atoms with Crippen LogP contribution in [0.15, 0.2) is 54.5 Å². The molecule has 1 heterocycles. The Balaban J connectivity index is 1.81. The Morgan fingerprint density at radius 2 is 2.22 bits per heavy atom. The Labute approximate surface area is 109 Å². The predicted molar refractivity (Wildman–Crippen MR) is 73.0 cm³/mol. The third-order valence-corrected chi connectivity index (χ3v) is 2.98. The van der Waals surface area contributed by atoms with Gasteiger partial charge in [0.25, 0.3) is 0 Å². The normalized spacial score (nSPS) is 20.7. The van der Waals surface area contributed by atoms with Crippen molar-refractivity contribution in [2.45, 2.75) is 32.3 Å². The minimum atomic E-state index is 0.183. The van der Waals surface area contributed by atoms with Crippen LogP contribution in [0.2, 0.25) is 0 Å². The number of ether oxygens (including phenoxy) is 2. The van der Waals surface area contributed by atoms with Crippen LogP contribution in [0.1, 0.15) is 37.9 Å². The fourth-order valence-electron chi connectivity index (χ4n) is 1.95. The highest BCUT2D eigenvalue weighted by Crippen LogP contribution is 2.34. The fraction of sp³-hybridized carbons (Fsp3) is 0.375. The summed E-state index contributed by atoms with van der Waals surface area (Å²) in [6.07, 6.45) is 4.81. The summed E-state index contributed by atoms with van der Waals surface area (Å²) in [5.41, 5.74) is 2.38. The van der Waals surface area contributed by atoms with Gasteiger partial charge in [0.15, 0.2) is 0 Å². The minimum Gasteiger partial charge on any atom is -0.497 e. The van der Waals surface area contributed by atoms with Gasteiger partial charge >= 0.3 is 0 Å². The van der Waals surface area contributed by atoms with Crippen molar-refractivity contribution < 1.29 is 9.47 Å². The van der Waals surface area contributed by atoms with Gasteiger partial charge in [-0.1, -0.05) is 35.9 Å². The molecule has 96 valence electrons. The van der Waals surface area contributed by atoms with Gasteiger partial charge in [0.1, 0.15) is 18.1 Å². The van der Waals surface area contributed by atoms with Crippen LogP contribution in [0.3, 0.4) is 0 Å². The van der Waals surface area contributed by atoms with Gasteiger partial charge in [-0.3, -0.25) is 0 Å². The molecule has 1 atom stereocenters. The molecule has 18 heavy (non-hydrogen) atoms. The maximum Gasteiger partial charge on any atom is 0.131 e. The van der Waals surface area contributed by atoms with E-state index in [0.29, 0.717) is 6.61 Å². The molecule has 1 aliphatic rings. The molecule has 0 radical (unpaired) electrons. The quantitative estimate of drug-likeness (QED) is 0.435. The first-order valence-corrected chi connectivity index (χ1v) is 6.42. The van der Waals surface area contributed by atoms with Crippen molar-refractivity contribution >= 4 is 0 Å². The van der Waals surface area contributed by atoms with Gasteiger partial charge in [0.05, 0.1) is 6.61 Å². The van der Waals surface area contributed by atoms with Crippen LogP contribution in [0.4, 0.5) is 0 Å². The molecule has 0 aliphatic carbocycles. The third-order valence-electron chi connectivity index (χ3n) is 2.98. The molecule has 0 aromatic heterocycles. The third kappa shape index (κ3) is 3.66. The summed E-state index contributed by atoms with van der Waals surface area (Å²) in [5, 5.41) is 0. The van der Waals surface area contributed by atoms with E-state index in [2.05, 4.69) is 18.7 Å². The number of hydrogen-bond donors (Lipinski definition) is 0. The van der Waals surface area contributed by atoms with Crippen molar-refractivity contribution in [2.75, 3.05) is 6.61 Å². The smallest absolute Gasteiger partial charge is 0.131 e. The molecule has 1 aliphatic heterocycles. The summed E-state index contributed by atoms with van der Waals surface area (Å²) < 4.78 is 11.3. The molecular weight excluding hydrogens is 224 g/mol. The second-order valence-corrected chi connectivity index (χ2v) is 4.72. The van der Waals surface area contributed by atoms with Crippen molar-refractivity contribution in [3.63, 3.8) is 0 Å². The highest BCUT2D eigenvalue weighted by molar-refractivity contribution is 5.19. The monoisotopic (exact) mass is 244 g/mol. The average molecular weight is 244 g/mol. The lowest BCUT2D eigenvalue weighted by atomic mass is 10.1. The molecule has 0 N–H and O–H groups in total. The van der Waals surface area contributed by atoms with E-state index in [4.69, 9.17) is 9.47 Å². The zero-order valence-corrected chi connectivity index (χ0v) is 10.9. The molecule has 0 saturated carbocycles. The summed E-state index contributed by atoms with van der Waals surface area (Å²) >= 11 is 0. The van der Waals surface area contributed by atoms with Crippen LogP contribution < -0.4 is 0 Å². The zero-order chi connectivity index (χ0) is 12.8. The van der Waals surface area contributed by atoms with Crippen molar-refractivity contribution in [1.82, 2.24) is 0 Å². The van der Waals surface area contributed by atoms with Gasteiger partial charge in [-0.15, -0.1) is 6.58 Å². The molecule has 0 spiro atoms. The topological polar surface area (TPSA) is 18.5 Å². The van der Waals surface area contributed by atoms with Gasteiger partial charge in [0, 0.05) is 12.8 Å². The van der Waals surface area contributed by atoms with Gasteiger partial charge in [0.2, 0.25) is 0 Å². The SMILES string of the molecule is C=C(C)CCO/C=C1/CCC(c2ccccc2)O1. The minimum absolute atomic E-state index is 0.183. The highest BCUT2D eigenvalue weighted by atomic mass is 16.5. The summed E-state index contributed by atoms with van der Waals surface area (Å²) in [7, 11) is 0. The van der Waals surface area contributed by atoms with Crippen molar-refractivity contribution in [3.8, 4) is 0 Å². The van der Waals surface area contributed by atoms with Crippen LogP contribution >= 0.6 is 0 Å². The van der Waals surface area contributed by atoms with E-state index >= 15 is 0 Å². The Morgan fingerprint density at radius 3 is 2.94 bits per heavy atom. The van der Waals surface area contributed by atoms with Gasteiger partial charge < -0.3 is 9.47 Å². The molecule has 1 aromatic rings. The van der Waals surface area contributed by atoms with E-state index in [-0.39, 0.29) is 6.10 Å². The van der Waals surface area contributed by atoms with Gasteiger partial charge in [-0.2, -0.15) is 0 Å². The lowest BCUT2D eigenvalue weighted by Gasteiger charge is -2.10. The van der Waals surface area contributed by atoms with Crippen LogP contribution in [-0.4, -0.2) is 6.61 Å². The lowest BCUT2D eigenvalue weighted by Crippen LogP contribution is -1.94. The molecule has 2 heteroatoms. The van der Waals surface area contributed by atoms with E-state index in [1.54, 1.807) is 6.26 Å². The highest BCUT2D eigenvalue weighted by Gasteiger charge is 2.22. The maximum absolute atomic E-state index is 5.87. The van der Waals surface area contributed by atoms with E-state index in [9.17, 15) is 0 Å². The molecule has 0 amide bonds. The van der Waals surface area contributed by atoms with Crippen molar-refractivity contribution in [3.05, 3.63) is 60.1 Å². The first kappa shape index (κ1) is 12.7. The van der Waals surface area contributed by atoms with Crippen LogP contribution in [0.25, 0.3) is 0 Å². The molecule has 2 nitrogen and oxygen atoms in total. The predicted octanol–water partition coefficient (Wildman–Crippen LogP) is 4.36. The summed E-state index contributed by atoms with van der Waals surface area (Å²) in [6, 6.07) is 10.3. The fourth-order valence-corrected chi connectivity index (χ4v) is 1.95. The van der Waals surface area contributed by atoms with Crippen LogP contribution in [0, 0.1) is 0 Å². The van der Waals surface area contributed by atoms with Crippen molar-refractivity contribution in [1.29, 1.82) is 0 Å². The molecule has 1 saturated heterocycles. The summed E-state index contributed by atoms with van der Waals surface area (Å²) in [5.74, 6) is 0.950. The number of hydrogen-bond acceptors (Lipinski definition) is 2. The Morgan fingerprint density at radius 1 is 1.44 bits per heavy atom. The largest absolute Gasteiger partial charge is 0.497 e. The van der Waals surface area contributed by atoms with E-state index in [1.807, 2.05) is 25.1 Å². The summed E-state index contributed by atoms with van der Waals surface area (Å²) in [6.45, 7) is 6.53. The van der Waals surface area contributed by atoms with Crippen molar-refractivity contribution in [2.24, 2.45) is 0 Å². The Hall–Kier alpha value is -1.70. The Kier molecular flexibility index (Phi) is 4.46. The second kappa shape index (κ2) is 6.29. The van der Waals surface area contributed by atoms with Crippen LogP contribution in [0.5, 0.6) is 0 Å². The number of rotatable bonds is 5. The molecule has 1 unspecified atom stereocenters. The molecule has 1 aromatic carbocycles. The van der Waals surface area contributed by atoms with E-state index in [0.717, 1.165) is 30.6 Å². The first-order valence-electron chi connectivity index (χ1n) is 6.42. The van der Waals surface area contributed by atoms with Gasteiger partial charge in [-0.05, 0) is 18.9 Å². The summed E-state index contributed by atoms with van der Waals surface area (Å²) in [4.78, 5) is 0. The molecular formula is C16H20O2. The number of benzene rings is 1. The van der Waals surface area contributed by atoms with Gasteiger partial charge in [-0.25, -0.2) is 0 Å². The zero-order valence-electron chi connectivity index (χ0n) is 10.9. The maximum atomic E-state index is 5.87. The average Bonchev–Trinajstić information content (AvgIpc) is 2.84. The standard InChI is InChI=1S/C16H20O2/c1-13(2)10-11-17-12-15-8-9-16(18-15)14-6-4-3-5-7-14/h3-7,12,16H,1,8-11H2,2H3/b15-12-. The van der Waals surface area contributed by atoms with Crippen LogP contribution in [-0.2, 0) is 9.47 Å². The first-order chi connectivity index (χ1) is 8.75.